The van der Waals surface area contributed by atoms with E-state index < -0.39 is 0 Å². The Morgan fingerprint density at radius 2 is 2.58 bits per heavy atom. The lowest BCUT2D eigenvalue weighted by Crippen LogP contribution is -2.16. The summed E-state index contributed by atoms with van der Waals surface area (Å²) in [5.74, 6) is 0.956. The van der Waals surface area contributed by atoms with Crippen LogP contribution in [0.15, 0.2) is 9.21 Å². The summed E-state index contributed by atoms with van der Waals surface area (Å²) >= 11 is 0. The summed E-state index contributed by atoms with van der Waals surface area (Å²) in [5.41, 5.74) is 0.995. The molecule has 1 aliphatic carbocycles. The molecule has 1 heterocycles. The van der Waals surface area contributed by atoms with E-state index in [0.717, 1.165) is 30.8 Å². The van der Waals surface area contributed by atoms with E-state index in [1.807, 2.05) is 7.05 Å². The molecule has 1 atom stereocenters. The molecule has 66 valence electrons. The first-order chi connectivity index (χ1) is 5.81. The number of fused-ring (bicyclic) bond motifs is 1. The number of aryl methyl sites for hydroxylation is 1. The van der Waals surface area contributed by atoms with Gasteiger partial charge >= 0.3 is 5.76 Å². The zero-order valence-corrected chi connectivity index (χ0v) is 7.02. The Bertz CT molecular complexity index is 326. The lowest BCUT2D eigenvalue weighted by Gasteiger charge is -2.06. The third-order valence-electron chi connectivity index (χ3n) is 2.33. The summed E-state index contributed by atoms with van der Waals surface area (Å²) < 4.78 is 4.96. The Balaban J connectivity index is 2.28. The van der Waals surface area contributed by atoms with Crippen molar-refractivity contribution in [3.63, 3.8) is 0 Å². The second-order valence-electron chi connectivity index (χ2n) is 3.14. The van der Waals surface area contributed by atoms with Gasteiger partial charge in [-0.05, 0) is 13.5 Å². The van der Waals surface area contributed by atoms with Crippen LogP contribution in [0.1, 0.15) is 23.8 Å². The molecule has 0 aliphatic heterocycles. The van der Waals surface area contributed by atoms with E-state index in [4.69, 9.17) is 4.42 Å². The van der Waals surface area contributed by atoms with Crippen molar-refractivity contribution in [1.29, 1.82) is 0 Å². The predicted octanol–water partition coefficient (Wildman–Crippen LogP) is 0.217. The Morgan fingerprint density at radius 1 is 1.75 bits per heavy atom. The lowest BCUT2D eigenvalue weighted by molar-refractivity contribution is 0.468. The highest BCUT2D eigenvalue weighted by Gasteiger charge is 2.26. The van der Waals surface area contributed by atoms with Gasteiger partial charge in [-0.3, -0.25) is 4.98 Å². The van der Waals surface area contributed by atoms with Gasteiger partial charge in [-0.1, -0.05) is 0 Å². The quantitative estimate of drug-likeness (QED) is 0.664. The van der Waals surface area contributed by atoms with Crippen LogP contribution in [0.4, 0.5) is 0 Å². The average molecular weight is 168 g/mol. The van der Waals surface area contributed by atoms with Crippen LogP contribution < -0.4 is 11.1 Å². The number of hydrogen-bond acceptors (Lipinski definition) is 3. The molecule has 0 radical (unpaired) electrons. The Morgan fingerprint density at radius 3 is 3.33 bits per heavy atom. The minimum absolute atomic E-state index is 0.319. The van der Waals surface area contributed by atoms with Gasteiger partial charge in [0.2, 0.25) is 0 Å². The molecule has 0 amide bonds. The monoisotopic (exact) mass is 168 g/mol. The topological polar surface area (TPSA) is 58.0 Å². The maximum absolute atomic E-state index is 10.8. The summed E-state index contributed by atoms with van der Waals surface area (Å²) in [4.78, 5) is 13.5. The summed E-state index contributed by atoms with van der Waals surface area (Å²) in [6.45, 7) is 0.905. The maximum Gasteiger partial charge on any atom is 0.416 e. The molecule has 1 aromatic rings. The fourth-order valence-electron chi connectivity index (χ4n) is 1.79. The number of aromatic amines is 1. The van der Waals surface area contributed by atoms with Crippen LogP contribution in [-0.2, 0) is 6.42 Å². The van der Waals surface area contributed by atoms with Gasteiger partial charge in [-0.25, -0.2) is 4.79 Å². The van der Waals surface area contributed by atoms with E-state index in [1.165, 1.54) is 0 Å². The molecule has 4 heteroatoms. The van der Waals surface area contributed by atoms with Gasteiger partial charge in [0.1, 0.15) is 5.76 Å². The molecule has 0 fully saturated rings. The Hall–Kier alpha value is -1.03. The van der Waals surface area contributed by atoms with Gasteiger partial charge in [0.05, 0.1) is 5.69 Å². The van der Waals surface area contributed by atoms with Gasteiger partial charge in [0.25, 0.3) is 0 Å². The molecule has 2 N–H and O–H groups in total. The summed E-state index contributed by atoms with van der Waals surface area (Å²) in [5, 5.41) is 3.10. The van der Waals surface area contributed by atoms with E-state index in [-0.39, 0.29) is 5.76 Å². The third kappa shape index (κ3) is 1.08. The number of H-pyrrole nitrogens is 1. The summed E-state index contributed by atoms with van der Waals surface area (Å²) in [7, 11) is 1.91. The molecular weight excluding hydrogens is 156 g/mol. The van der Waals surface area contributed by atoms with Crippen LogP contribution >= 0.6 is 0 Å². The standard InChI is InChI=1S/C8H12N2O2/c1-9-4-5-2-3-6-7(5)10-8(11)12-6/h5,9H,2-4H2,1H3,(H,10,11). The molecular formula is C8H12N2O2. The van der Waals surface area contributed by atoms with Crippen LogP contribution in [0.25, 0.3) is 0 Å². The van der Waals surface area contributed by atoms with Crippen molar-refractivity contribution in [1.82, 2.24) is 10.3 Å². The number of rotatable bonds is 2. The SMILES string of the molecule is CNCC1CCc2oc(=O)[nH]c21. The smallest absolute Gasteiger partial charge is 0.413 e. The van der Waals surface area contributed by atoms with Crippen molar-refractivity contribution in [2.75, 3.05) is 13.6 Å². The van der Waals surface area contributed by atoms with Crippen molar-refractivity contribution in [2.24, 2.45) is 0 Å². The third-order valence-corrected chi connectivity index (χ3v) is 2.33. The van der Waals surface area contributed by atoms with Crippen molar-refractivity contribution < 1.29 is 4.42 Å². The fraction of sp³-hybridized carbons (Fsp3) is 0.625. The molecule has 1 unspecified atom stereocenters. The molecule has 0 saturated heterocycles. The van der Waals surface area contributed by atoms with Gasteiger partial charge in [0.15, 0.2) is 0 Å². The number of hydrogen-bond donors (Lipinski definition) is 2. The van der Waals surface area contributed by atoms with Crippen molar-refractivity contribution in [3.8, 4) is 0 Å². The summed E-state index contributed by atoms with van der Waals surface area (Å²) in [6.07, 6.45) is 1.96. The van der Waals surface area contributed by atoms with Gasteiger partial charge in [-0.2, -0.15) is 0 Å². The lowest BCUT2D eigenvalue weighted by atomic mass is 10.1. The zero-order valence-electron chi connectivity index (χ0n) is 7.02. The molecule has 1 aromatic heterocycles. The predicted molar refractivity (Wildman–Crippen MR) is 44.3 cm³/mol. The van der Waals surface area contributed by atoms with E-state index in [9.17, 15) is 4.79 Å². The largest absolute Gasteiger partial charge is 0.416 e. The van der Waals surface area contributed by atoms with Crippen molar-refractivity contribution in [2.45, 2.75) is 18.8 Å². The van der Waals surface area contributed by atoms with Gasteiger partial charge in [0, 0.05) is 18.9 Å². The van der Waals surface area contributed by atoms with Crippen LogP contribution in [-0.4, -0.2) is 18.6 Å². The molecule has 0 saturated carbocycles. The molecule has 0 bridgehead atoms. The van der Waals surface area contributed by atoms with Crippen molar-refractivity contribution >= 4 is 0 Å². The van der Waals surface area contributed by atoms with Gasteiger partial charge < -0.3 is 9.73 Å². The van der Waals surface area contributed by atoms with Crippen LogP contribution in [0.5, 0.6) is 0 Å². The Labute approximate surface area is 70.0 Å². The minimum atomic E-state index is -0.319. The number of oxazole rings is 1. The average Bonchev–Trinajstić information content (AvgIpc) is 2.52. The fourth-order valence-corrected chi connectivity index (χ4v) is 1.79. The maximum atomic E-state index is 10.8. The summed E-state index contributed by atoms with van der Waals surface area (Å²) in [6, 6.07) is 0. The molecule has 0 aromatic carbocycles. The van der Waals surface area contributed by atoms with Gasteiger partial charge in [-0.15, -0.1) is 0 Å². The van der Waals surface area contributed by atoms with Crippen LogP contribution in [0.2, 0.25) is 0 Å². The molecule has 12 heavy (non-hydrogen) atoms. The first-order valence-corrected chi connectivity index (χ1v) is 4.17. The number of nitrogens with one attached hydrogen (secondary N) is 2. The van der Waals surface area contributed by atoms with Crippen LogP contribution in [0, 0.1) is 0 Å². The first kappa shape index (κ1) is 7.61. The minimum Gasteiger partial charge on any atom is -0.413 e. The molecule has 2 rings (SSSR count). The number of likely N-dealkylation sites (N-methyl/N-ethyl adjacent to an activating group) is 1. The Kier molecular flexibility index (Phi) is 1.77. The molecule has 4 nitrogen and oxygen atoms in total. The van der Waals surface area contributed by atoms with E-state index in [0.29, 0.717) is 5.92 Å². The highest BCUT2D eigenvalue weighted by atomic mass is 16.4. The van der Waals surface area contributed by atoms with Crippen LogP contribution in [0.3, 0.4) is 0 Å². The van der Waals surface area contributed by atoms with E-state index in [1.54, 1.807) is 0 Å². The van der Waals surface area contributed by atoms with E-state index in [2.05, 4.69) is 10.3 Å². The molecule has 1 aliphatic rings. The highest BCUT2D eigenvalue weighted by molar-refractivity contribution is 5.19. The first-order valence-electron chi connectivity index (χ1n) is 4.17. The number of aromatic nitrogens is 1. The highest BCUT2D eigenvalue weighted by Crippen LogP contribution is 2.29. The zero-order chi connectivity index (χ0) is 8.55. The normalized spacial score (nSPS) is 21.2. The second kappa shape index (κ2) is 2.79. The van der Waals surface area contributed by atoms with E-state index >= 15 is 0 Å². The van der Waals surface area contributed by atoms with Crippen molar-refractivity contribution in [3.05, 3.63) is 22.0 Å². The molecule has 0 spiro atoms. The second-order valence-corrected chi connectivity index (χ2v) is 3.14.